The fourth-order valence-electron chi connectivity index (χ4n) is 1.55. The minimum atomic E-state index is 0.792. The Bertz CT molecular complexity index is 482. The van der Waals surface area contributed by atoms with Gasteiger partial charge in [-0.25, -0.2) is 9.97 Å². The van der Waals surface area contributed by atoms with Crippen molar-refractivity contribution in [1.29, 1.82) is 0 Å². The highest BCUT2D eigenvalue weighted by Crippen LogP contribution is 2.10. The Morgan fingerprint density at radius 1 is 1.41 bits per heavy atom. The van der Waals surface area contributed by atoms with Gasteiger partial charge in [0.2, 0.25) is 0 Å². The number of hydrogen-bond acceptors (Lipinski definition) is 4. The molecule has 2 heterocycles. The van der Waals surface area contributed by atoms with Gasteiger partial charge < -0.3 is 5.32 Å². The standard InChI is InChI=1S/C11H14BrN5/c1-8-9(6-16-17-8)3-2-4-13-11-5-10(12)14-7-15-11/h5-7H,2-4H2,1H3,(H,16,17)(H,13,14,15). The summed E-state index contributed by atoms with van der Waals surface area (Å²) in [5.41, 5.74) is 2.42. The van der Waals surface area contributed by atoms with E-state index in [0.717, 1.165) is 35.5 Å². The van der Waals surface area contributed by atoms with Gasteiger partial charge in [-0.2, -0.15) is 5.10 Å². The average Bonchev–Trinajstić information content (AvgIpc) is 2.71. The molecular formula is C11H14BrN5. The van der Waals surface area contributed by atoms with E-state index in [-0.39, 0.29) is 0 Å². The Kier molecular flexibility index (Phi) is 4.08. The fraction of sp³-hybridized carbons (Fsp3) is 0.364. The van der Waals surface area contributed by atoms with Crippen LogP contribution in [0.25, 0.3) is 0 Å². The van der Waals surface area contributed by atoms with Gasteiger partial charge in [0.05, 0.1) is 6.20 Å². The summed E-state index contributed by atoms with van der Waals surface area (Å²) in [5.74, 6) is 0.843. The van der Waals surface area contributed by atoms with Crippen LogP contribution in [0.4, 0.5) is 5.82 Å². The number of hydrogen-bond donors (Lipinski definition) is 2. The number of halogens is 1. The Balaban J connectivity index is 1.75. The normalized spacial score (nSPS) is 10.5. The van der Waals surface area contributed by atoms with Gasteiger partial charge in [-0.05, 0) is 41.3 Å². The van der Waals surface area contributed by atoms with Gasteiger partial charge >= 0.3 is 0 Å². The van der Waals surface area contributed by atoms with Gasteiger partial charge in [0.15, 0.2) is 0 Å². The number of rotatable bonds is 5. The van der Waals surface area contributed by atoms with E-state index in [1.807, 2.05) is 19.2 Å². The minimum Gasteiger partial charge on any atom is -0.370 e. The molecule has 0 fully saturated rings. The summed E-state index contributed by atoms with van der Waals surface area (Å²) in [5, 5.41) is 10.2. The van der Waals surface area contributed by atoms with E-state index >= 15 is 0 Å². The summed E-state index contributed by atoms with van der Waals surface area (Å²) in [7, 11) is 0. The highest BCUT2D eigenvalue weighted by molar-refractivity contribution is 9.10. The molecule has 0 aromatic carbocycles. The van der Waals surface area contributed by atoms with Crippen LogP contribution in [0.5, 0.6) is 0 Å². The fourth-order valence-corrected chi connectivity index (χ4v) is 1.86. The molecule has 2 aromatic heterocycles. The van der Waals surface area contributed by atoms with E-state index in [2.05, 4.69) is 41.4 Å². The van der Waals surface area contributed by atoms with Gasteiger partial charge in [0.1, 0.15) is 16.7 Å². The first-order chi connectivity index (χ1) is 8.25. The van der Waals surface area contributed by atoms with Crippen LogP contribution in [0.2, 0.25) is 0 Å². The second-order valence-electron chi connectivity index (χ2n) is 3.78. The second kappa shape index (κ2) is 5.77. The Labute approximate surface area is 108 Å². The molecule has 0 atom stereocenters. The van der Waals surface area contributed by atoms with Crippen LogP contribution in [-0.2, 0) is 6.42 Å². The molecule has 0 aliphatic carbocycles. The van der Waals surface area contributed by atoms with Crippen LogP contribution < -0.4 is 5.32 Å². The van der Waals surface area contributed by atoms with E-state index in [1.54, 1.807) is 0 Å². The molecule has 6 heteroatoms. The number of anilines is 1. The Morgan fingerprint density at radius 2 is 2.29 bits per heavy atom. The Hall–Kier alpha value is -1.43. The average molecular weight is 296 g/mol. The zero-order valence-corrected chi connectivity index (χ0v) is 11.2. The largest absolute Gasteiger partial charge is 0.370 e. The zero-order chi connectivity index (χ0) is 12.1. The molecule has 17 heavy (non-hydrogen) atoms. The first-order valence-electron chi connectivity index (χ1n) is 5.46. The van der Waals surface area contributed by atoms with Crippen LogP contribution in [0, 0.1) is 6.92 Å². The summed E-state index contributed by atoms with van der Waals surface area (Å²) in [6.45, 7) is 2.92. The van der Waals surface area contributed by atoms with E-state index in [4.69, 9.17) is 0 Å². The van der Waals surface area contributed by atoms with E-state index in [0.29, 0.717) is 0 Å². The number of aromatic nitrogens is 4. The number of aryl methyl sites for hydroxylation is 2. The molecular weight excluding hydrogens is 282 g/mol. The van der Waals surface area contributed by atoms with Crippen LogP contribution in [0.15, 0.2) is 23.2 Å². The Morgan fingerprint density at radius 3 is 3.00 bits per heavy atom. The third-order valence-corrected chi connectivity index (χ3v) is 2.93. The van der Waals surface area contributed by atoms with Gasteiger partial charge in [0, 0.05) is 18.3 Å². The SMILES string of the molecule is Cc1[nH]ncc1CCCNc1cc(Br)ncn1. The highest BCUT2D eigenvalue weighted by Gasteiger charge is 2.00. The van der Waals surface area contributed by atoms with Crippen molar-refractivity contribution in [3.05, 3.63) is 34.5 Å². The molecule has 0 amide bonds. The molecule has 0 bridgehead atoms. The van der Waals surface area contributed by atoms with Crippen molar-refractivity contribution in [2.45, 2.75) is 19.8 Å². The van der Waals surface area contributed by atoms with Crippen molar-refractivity contribution in [3.8, 4) is 0 Å². The molecule has 0 saturated heterocycles. The maximum atomic E-state index is 4.12. The maximum absolute atomic E-state index is 4.12. The lowest BCUT2D eigenvalue weighted by atomic mass is 10.1. The van der Waals surface area contributed by atoms with Gasteiger partial charge in [-0.3, -0.25) is 5.10 Å². The zero-order valence-electron chi connectivity index (χ0n) is 9.57. The first kappa shape index (κ1) is 12.0. The molecule has 0 saturated carbocycles. The summed E-state index contributed by atoms with van der Waals surface area (Å²) in [6.07, 6.45) is 5.48. The highest BCUT2D eigenvalue weighted by atomic mass is 79.9. The van der Waals surface area contributed by atoms with Gasteiger partial charge in [-0.1, -0.05) is 0 Å². The lowest BCUT2D eigenvalue weighted by Crippen LogP contribution is -2.04. The maximum Gasteiger partial charge on any atom is 0.130 e. The predicted molar refractivity (Wildman–Crippen MR) is 69.9 cm³/mol. The van der Waals surface area contributed by atoms with Crippen LogP contribution in [0.1, 0.15) is 17.7 Å². The van der Waals surface area contributed by atoms with E-state index in [9.17, 15) is 0 Å². The lowest BCUT2D eigenvalue weighted by Gasteiger charge is -2.04. The van der Waals surface area contributed by atoms with Crippen molar-refractivity contribution in [2.75, 3.05) is 11.9 Å². The third kappa shape index (κ3) is 3.52. The molecule has 5 nitrogen and oxygen atoms in total. The number of H-pyrrole nitrogens is 1. The van der Waals surface area contributed by atoms with Crippen molar-refractivity contribution in [2.24, 2.45) is 0 Å². The molecule has 0 spiro atoms. The molecule has 0 aliphatic rings. The topological polar surface area (TPSA) is 66.5 Å². The summed E-state index contributed by atoms with van der Waals surface area (Å²) in [4.78, 5) is 8.09. The molecule has 2 aromatic rings. The summed E-state index contributed by atoms with van der Waals surface area (Å²) < 4.78 is 0.792. The van der Waals surface area contributed by atoms with Crippen LogP contribution in [0.3, 0.4) is 0 Å². The van der Waals surface area contributed by atoms with E-state index in [1.165, 1.54) is 11.9 Å². The molecule has 0 aliphatic heterocycles. The van der Waals surface area contributed by atoms with Crippen molar-refractivity contribution in [3.63, 3.8) is 0 Å². The second-order valence-corrected chi connectivity index (χ2v) is 4.59. The van der Waals surface area contributed by atoms with Gasteiger partial charge in [-0.15, -0.1) is 0 Å². The first-order valence-corrected chi connectivity index (χ1v) is 6.25. The number of nitrogens with one attached hydrogen (secondary N) is 2. The summed E-state index contributed by atoms with van der Waals surface area (Å²) in [6, 6.07) is 1.86. The van der Waals surface area contributed by atoms with Gasteiger partial charge in [0.25, 0.3) is 0 Å². The molecule has 0 radical (unpaired) electrons. The monoisotopic (exact) mass is 295 g/mol. The lowest BCUT2D eigenvalue weighted by molar-refractivity contribution is 0.852. The third-order valence-electron chi connectivity index (χ3n) is 2.50. The van der Waals surface area contributed by atoms with Crippen molar-refractivity contribution >= 4 is 21.7 Å². The summed E-state index contributed by atoms with van der Waals surface area (Å²) >= 11 is 3.31. The van der Waals surface area contributed by atoms with Crippen LogP contribution in [-0.4, -0.2) is 26.7 Å². The number of aromatic amines is 1. The quantitative estimate of drug-likeness (QED) is 0.656. The number of nitrogens with zero attached hydrogens (tertiary/aromatic N) is 3. The van der Waals surface area contributed by atoms with Crippen molar-refractivity contribution in [1.82, 2.24) is 20.2 Å². The van der Waals surface area contributed by atoms with E-state index < -0.39 is 0 Å². The molecule has 90 valence electrons. The molecule has 2 N–H and O–H groups in total. The molecule has 2 rings (SSSR count). The van der Waals surface area contributed by atoms with Crippen LogP contribution >= 0.6 is 15.9 Å². The smallest absolute Gasteiger partial charge is 0.130 e. The predicted octanol–water partition coefficient (Wildman–Crippen LogP) is 2.32. The van der Waals surface area contributed by atoms with Crippen molar-refractivity contribution < 1.29 is 0 Å². The minimum absolute atomic E-state index is 0.792. The molecule has 0 unspecified atom stereocenters.